The molecular formula is C19H19Cl2N5O3S. The van der Waals surface area contributed by atoms with Crippen LogP contribution in [-0.4, -0.2) is 41.2 Å². The Bertz CT molecular complexity index is 947. The maximum atomic E-state index is 12.4. The molecule has 2 aromatic carbocycles. The first-order chi connectivity index (χ1) is 14.3. The van der Waals surface area contributed by atoms with Crippen molar-refractivity contribution < 1.29 is 14.4 Å². The van der Waals surface area contributed by atoms with E-state index < -0.39 is 29.5 Å². The fourth-order valence-electron chi connectivity index (χ4n) is 2.68. The Morgan fingerprint density at radius 3 is 2.50 bits per heavy atom. The van der Waals surface area contributed by atoms with Gasteiger partial charge in [-0.2, -0.15) is 0 Å². The van der Waals surface area contributed by atoms with Crippen molar-refractivity contribution in [2.45, 2.75) is 17.7 Å². The van der Waals surface area contributed by atoms with Gasteiger partial charge in [-0.1, -0.05) is 41.4 Å². The number of hydrogen-bond donors (Lipinski definition) is 5. The molecule has 3 rings (SSSR count). The standard InChI is InChI=1S/C19H19Cl2N5O3S/c20-12-7-6-11(8-13(12)21)23-14(27)9-30-19-25-16(22)15(18(29)26-19)24-17(28)10-4-2-1-3-5-10/h1-8,15-16,19,25H,9,22H2,(H,23,27)(H,24,28)(H,26,29). The lowest BCUT2D eigenvalue weighted by atomic mass is 10.1. The zero-order valence-electron chi connectivity index (χ0n) is 15.5. The van der Waals surface area contributed by atoms with Gasteiger partial charge in [0.05, 0.1) is 22.0 Å². The molecule has 3 atom stereocenters. The van der Waals surface area contributed by atoms with Crippen LogP contribution in [0.1, 0.15) is 10.4 Å². The van der Waals surface area contributed by atoms with Gasteiger partial charge in [0.1, 0.15) is 11.5 Å². The molecule has 3 amide bonds. The quantitative estimate of drug-likeness (QED) is 0.440. The first kappa shape index (κ1) is 22.4. The van der Waals surface area contributed by atoms with Crippen molar-refractivity contribution in [2.75, 3.05) is 11.1 Å². The van der Waals surface area contributed by atoms with E-state index in [4.69, 9.17) is 28.9 Å². The van der Waals surface area contributed by atoms with Gasteiger partial charge in [-0.05, 0) is 30.3 Å². The van der Waals surface area contributed by atoms with Gasteiger partial charge < -0.3 is 21.7 Å². The minimum atomic E-state index is -0.945. The van der Waals surface area contributed by atoms with Gasteiger partial charge in [-0.3, -0.25) is 19.7 Å². The fraction of sp³-hybridized carbons (Fsp3) is 0.211. The van der Waals surface area contributed by atoms with E-state index >= 15 is 0 Å². The summed E-state index contributed by atoms with van der Waals surface area (Å²) in [7, 11) is 0. The average molecular weight is 468 g/mol. The number of nitrogens with one attached hydrogen (secondary N) is 4. The molecule has 3 unspecified atom stereocenters. The van der Waals surface area contributed by atoms with Crippen LogP contribution in [0.4, 0.5) is 5.69 Å². The van der Waals surface area contributed by atoms with Gasteiger partial charge in [0, 0.05) is 11.3 Å². The van der Waals surface area contributed by atoms with E-state index in [2.05, 4.69) is 21.3 Å². The van der Waals surface area contributed by atoms with Crippen LogP contribution in [0.15, 0.2) is 48.5 Å². The molecule has 30 heavy (non-hydrogen) atoms. The molecule has 0 aromatic heterocycles. The highest BCUT2D eigenvalue weighted by molar-refractivity contribution is 8.00. The Labute approximate surface area is 187 Å². The molecular weight excluding hydrogens is 449 g/mol. The van der Waals surface area contributed by atoms with Crippen LogP contribution in [0.3, 0.4) is 0 Å². The third-order valence-corrected chi connectivity index (χ3v) is 5.92. The third kappa shape index (κ3) is 5.87. The molecule has 0 saturated carbocycles. The Morgan fingerprint density at radius 2 is 1.83 bits per heavy atom. The van der Waals surface area contributed by atoms with Crippen molar-refractivity contribution in [3.8, 4) is 0 Å². The molecule has 6 N–H and O–H groups in total. The van der Waals surface area contributed by atoms with Gasteiger partial charge >= 0.3 is 0 Å². The number of carbonyl (C=O) groups excluding carboxylic acids is 3. The van der Waals surface area contributed by atoms with Crippen LogP contribution in [0.2, 0.25) is 10.0 Å². The largest absolute Gasteiger partial charge is 0.338 e. The van der Waals surface area contributed by atoms with Gasteiger partial charge in [0.25, 0.3) is 5.91 Å². The van der Waals surface area contributed by atoms with Gasteiger partial charge in [-0.15, -0.1) is 11.8 Å². The van der Waals surface area contributed by atoms with E-state index in [-0.39, 0.29) is 11.7 Å². The lowest BCUT2D eigenvalue weighted by molar-refractivity contribution is -0.125. The van der Waals surface area contributed by atoms with Crippen LogP contribution >= 0.6 is 35.0 Å². The van der Waals surface area contributed by atoms with Crippen LogP contribution < -0.4 is 27.0 Å². The van der Waals surface area contributed by atoms with Crippen molar-refractivity contribution in [2.24, 2.45) is 5.73 Å². The summed E-state index contributed by atoms with van der Waals surface area (Å²) in [4.78, 5) is 36.8. The Kier molecular flexibility index (Phi) is 7.57. The number of rotatable bonds is 6. The minimum absolute atomic E-state index is 0.0476. The van der Waals surface area contributed by atoms with Crippen LogP contribution in [0, 0.1) is 0 Å². The summed E-state index contributed by atoms with van der Waals surface area (Å²) in [5.41, 5.74) is 6.37. The molecule has 0 spiro atoms. The summed E-state index contributed by atoms with van der Waals surface area (Å²) < 4.78 is 0. The molecule has 0 radical (unpaired) electrons. The second kappa shape index (κ2) is 10.1. The number of amides is 3. The predicted molar refractivity (Wildman–Crippen MR) is 118 cm³/mol. The molecule has 2 aromatic rings. The number of hydrogen-bond acceptors (Lipinski definition) is 6. The fourth-order valence-corrected chi connectivity index (χ4v) is 3.83. The Hall–Kier alpha value is -2.30. The van der Waals surface area contributed by atoms with Crippen LogP contribution in [-0.2, 0) is 9.59 Å². The summed E-state index contributed by atoms with van der Waals surface area (Å²) in [5.74, 6) is -1.08. The first-order valence-electron chi connectivity index (χ1n) is 8.88. The second-order valence-corrected chi connectivity index (χ2v) is 8.29. The zero-order valence-corrected chi connectivity index (χ0v) is 17.9. The lowest BCUT2D eigenvalue weighted by Gasteiger charge is -2.35. The number of carbonyl (C=O) groups is 3. The topological polar surface area (TPSA) is 125 Å². The first-order valence-corrected chi connectivity index (χ1v) is 10.7. The summed E-state index contributed by atoms with van der Waals surface area (Å²) >= 11 is 12.9. The molecule has 0 aliphatic carbocycles. The van der Waals surface area contributed by atoms with E-state index in [9.17, 15) is 14.4 Å². The van der Waals surface area contributed by atoms with Gasteiger partial charge in [0.2, 0.25) is 11.8 Å². The highest BCUT2D eigenvalue weighted by atomic mass is 35.5. The number of anilines is 1. The summed E-state index contributed by atoms with van der Waals surface area (Å²) in [6.45, 7) is 0. The van der Waals surface area contributed by atoms with Gasteiger partial charge in [-0.25, -0.2) is 0 Å². The normalized spacial score (nSPS) is 20.9. The van der Waals surface area contributed by atoms with Crippen molar-refractivity contribution in [1.82, 2.24) is 16.0 Å². The molecule has 1 aliphatic heterocycles. The molecule has 11 heteroatoms. The lowest BCUT2D eigenvalue weighted by Crippen LogP contribution is -2.70. The maximum absolute atomic E-state index is 12.4. The Morgan fingerprint density at radius 1 is 1.10 bits per heavy atom. The highest BCUT2D eigenvalue weighted by Crippen LogP contribution is 2.25. The minimum Gasteiger partial charge on any atom is -0.338 e. The number of nitrogens with two attached hydrogens (primary N) is 1. The smallest absolute Gasteiger partial charge is 0.252 e. The van der Waals surface area contributed by atoms with E-state index in [0.717, 1.165) is 11.8 Å². The molecule has 1 saturated heterocycles. The van der Waals surface area contributed by atoms with E-state index in [1.165, 1.54) is 0 Å². The van der Waals surface area contributed by atoms with Crippen molar-refractivity contribution in [3.63, 3.8) is 0 Å². The summed E-state index contributed by atoms with van der Waals surface area (Å²) in [6.07, 6.45) is -0.818. The highest BCUT2D eigenvalue weighted by Gasteiger charge is 2.35. The van der Waals surface area contributed by atoms with Crippen LogP contribution in [0.25, 0.3) is 0 Å². The number of thioether (sulfide) groups is 1. The maximum Gasteiger partial charge on any atom is 0.252 e. The van der Waals surface area contributed by atoms with E-state index in [1.54, 1.807) is 48.5 Å². The Balaban J connectivity index is 1.49. The second-order valence-electron chi connectivity index (χ2n) is 6.39. The SMILES string of the molecule is NC1NC(SCC(=O)Nc2ccc(Cl)c(Cl)c2)NC(=O)C1NC(=O)c1ccccc1. The molecule has 0 bridgehead atoms. The average Bonchev–Trinajstić information content (AvgIpc) is 2.72. The monoisotopic (exact) mass is 467 g/mol. The van der Waals surface area contributed by atoms with Crippen molar-refractivity contribution >= 4 is 58.4 Å². The van der Waals surface area contributed by atoms with E-state index in [1.807, 2.05) is 0 Å². The molecule has 1 aliphatic rings. The summed E-state index contributed by atoms with van der Waals surface area (Å²) in [5, 5.41) is 11.7. The molecule has 1 fully saturated rings. The third-order valence-electron chi connectivity index (χ3n) is 4.17. The molecule has 1 heterocycles. The number of benzene rings is 2. The number of halogens is 2. The van der Waals surface area contributed by atoms with Crippen LogP contribution in [0.5, 0.6) is 0 Å². The zero-order chi connectivity index (χ0) is 21.7. The molecule has 158 valence electrons. The van der Waals surface area contributed by atoms with Crippen molar-refractivity contribution in [1.29, 1.82) is 0 Å². The summed E-state index contributed by atoms with van der Waals surface area (Å²) in [6, 6.07) is 12.3. The van der Waals surface area contributed by atoms with Crippen molar-refractivity contribution in [3.05, 3.63) is 64.1 Å². The molecule has 8 nitrogen and oxygen atoms in total. The van der Waals surface area contributed by atoms with E-state index in [0.29, 0.717) is 21.3 Å². The predicted octanol–water partition coefficient (Wildman–Crippen LogP) is 1.75. The van der Waals surface area contributed by atoms with Gasteiger partial charge in [0.15, 0.2) is 0 Å².